The van der Waals surface area contributed by atoms with Gasteiger partial charge < -0.3 is 19.9 Å². The lowest BCUT2D eigenvalue weighted by Crippen LogP contribution is -2.49. The number of carbonyl (C=O) groups excluding carboxylic acids is 3. The molecule has 4 rings (SSSR count). The van der Waals surface area contributed by atoms with Crippen LogP contribution in [-0.4, -0.2) is 55.5 Å². The highest BCUT2D eigenvalue weighted by atomic mass is 32.1. The van der Waals surface area contributed by atoms with Gasteiger partial charge in [0.25, 0.3) is 11.8 Å². The van der Waals surface area contributed by atoms with Crippen molar-refractivity contribution in [2.24, 2.45) is 0 Å². The van der Waals surface area contributed by atoms with Crippen molar-refractivity contribution in [2.75, 3.05) is 43.0 Å². The van der Waals surface area contributed by atoms with Crippen molar-refractivity contribution in [2.45, 2.75) is 0 Å². The number of para-hydroxylation sites is 1. The summed E-state index contributed by atoms with van der Waals surface area (Å²) in [5.41, 5.74) is 1.90. The average Bonchev–Trinajstić information content (AvgIpc) is 3.38. The largest absolute Gasteiger partial charge is 0.452 e. The molecule has 0 spiro atoms. The molecular formula is C24H23N3O4S. The summed E-state index contributed by atoms with van der Waals surface area (Å²) in [7, 11) is 0. The molecule has 2 amide bonds. The van der Waals surface area contributed by atoms with E-state index in [0.717, 1.165) is 18.8 Å². The van der Waals surface area contributed by atoms with Crippen molar-refractivity contribution in [3.8, 4) is 0 Å². The van der Waals surface area contributed by atoms with Crippen LogP contribution in [0.15, 0.2) is 72.1 Å². The Kier molecular flexibility index (Phi) is 6.81. The zero-order valence-electron chi connectivity index (χ0n) is 17.4. The second kappa shape index (κ2) is 10.1. The number of thiophene rings is 1. The monoisotopic (exact) mass is 449 g/mol. The number of rotatable bonds is 6. The van der Waals surface area contributed by atoms with E-state index in [2.05, 4.69) is 22.3 Å². The molecule has 2 heterocycles. The predicted octanol–water partition coefficient (Wildman–Crippen LogP) is 3.51. The molecule has 1 aromatic heterocycles. The Morgan fingerprint density at radius 3 is 2.41 bits per heavy atom. The summed E-state index contributed by atoms with van der Waals surface area (Å²) < 4.78 is 5.23. The molecule has 1 N–H and O–H groups in total. The number of piperazine rings is 1. The molecule has 3 aromatic rings. The van der Waals surface area contributed by atoms with Gasteiger partial charge in [0.2, 0.25) is 0 Å². The third kappa shape index (κ3) is 5.33. The molecule has 0 unspecified atom stereocenters. The van der Waals surface area contributed by atoms with Gasteiger partial charge in [-0.3, -0.25) is 9.59 Å². The number of hydrogen-bond acceptors (Lipinski definition) is 6. The third-order valence-electron chi connectivity index (χ3n) is 5.18. The van der Waals surface area contributed by atoms with Crippen LogP contribution in [0.3, 0.4) is 0 Å². The smallest absolute Gasteiger partial charge is 0.338 e. The van der Waals surface area contributed by atoms with Crippen LogP contribution in [0.25, 0.3) is 0 Å². The highest BCUT2D eigenvalue weighted by molar-refractivity contribution is 7.12. The van der Waals surface area contributed by atoms with E-state index in [1.807, 2.05) is 23.6 Å². The van der Waals surface area contributed by atoms with Crippen molar-refractivity contribution >= 4 is 40.5 Å². The first-order valence-electron chi connectivity index (χ1n) is 10.3. The van der Waals surface area contributed by atoms with Gasteiger partial charge in [-0.25, -0.2) is 4.79 Å². The van der Waals surface area contributed by atoms with Gasteiger partial charge in [0.05, 0.1) is 10.4 Å². The van der Waals surface area contributed by atoms with Crippen LogP contribution >= 0.6 is 11.3 Å². The van der Waals surface area contributed by atoms with Crippen LogP contribution in [0.4, 0.5) is 11.4 Å². The van der Waals surface area contributed by atoms with Crippen molar-refractivity contribution in [1.29, 1.82) is 0 Å². The molecule has 0 saturated carbocycles. The second-order valence-corrected chi connectivity index (χ2v) is 8.24. The zero-order valence-corrected chi connectivity index (χ0v) is 18.2. The Morgan fingerprint density at radius 1 is 0.906 bits per heavy atom. The molecule has 0 bridgehead atoms. The minimum atomic E-state index is -0.603. The third-order valence-corrected chi connectivity index (χ3v) is 6.05. The summed E-state index contributed by atoms with van der Waals surface area (Å²) in [4.78, 5) is 41.6. The highest BCUT2D eigenvalue weighted by Gasteiger charge is 2.22. The van der Waals surface area contributed by atoms with E-state index < -0.39 is 5.97 Å². The summed E-state index contributed by atoms with van der Waals surface area (Å²) in [5.74, 6) is -1.06. The van der Waals surface area contributed by atoms with E-state index in [0.29, 0.717) is 23.7 Å². The van der Waals surface area contributed by atoms with Gasteiger partial charge in [0.1, 0.15) is 0 Å². The molecule has 1 saturated heterocycles. The Morgan fingerprint density at radius 2 is 1.69 bits per heavy atom. The Bertz CT molecular complexity index is 1080. The molecule has 8 heteroatoms. The van der Waals surface area contributed by atoms with Gasteiger partial charge in [-0.15, -0.1) is 11.3 Å². The van der Waals surface area contributed by atoms with Crippen molar-refractivity contribution in [1.82, 2.24) is 4.90 Å². The molecule has 1 aliphatic rings. The molecule has 1 aliphatic heterocycles. The molecule has 7 nitrogen and oxygen atoms in total. The molecular weight excluding hydrogens is 426 g/mol. The normalized spacial score (nSPS) is 13.5. The maximum atomic E-state index is 12.5. The molecule has 0 atom stereocenters. The number of hydrogen-bond donors (Lipinski definition) is 1. The number of benzene rings is 2. The van der Waals surface area contributed by atoms with Crippen LogP contribution < -0.4 is 10.2 Å². The van der Waals surface area contributed by atoms with E-state index >= 15 is 0 Å². The molecule has 32 heavy (non-hydrogen) atoms. The minimum absolute atomic E-state index is 0.215. The van der Waals surface area contributed by atoms with Crippen LogP contribution in [0, 0.1) is 0 Å². The lowest BCUT2D eigenvalue weighted by atomic mass is 10.2. The minimum Gasteiger partial charge on any atom is -0.452 e. The average molecular weight is 450 g/mol. The summed E-state index contributed by atoms with van der Waals surface area (Å²) in [6.45, 7) is 2.31. The lowest BCUT2D eigenvalue weighted by molar-refractivity contribution is -0.134. The fourth-order valence-corrected chi connectivity index (χ4v) is 4.10. The molecule has 0 aliphatic carbocycles. The van der Waals surface area contributed by atoms with Gasteiger partial charge in [-0.1, -0.05) is 30.3 Å². The van der Waals surface area contributed by atoms with Gasteiger partial charge >= 0.3 is 5.97 Å². The highest BCUT2D eigenvalue weighted by Crippen LogP contribution is 2.17. The van der Waals surface area contributed by atoms with Crippen LogP contribution in [0.2, 0.25) is 0 Å². The lowest BCUT2D eigenvalue weighted by Gasteiger charge is -2.36. The first-order valence-corrected chi connectivity index (χ1v) is 11.2. The van der Waals surface area contributed by atoms with Crippen molar-refractivity contribution in [3.05, 3.63) is 82.6 Å². The van der Waals surface area contributed by atoms with E-state index in [1.54, 1.807) is 35.2 Å². The first-order chi connectivity index (χ1) is 15.6. The van der Waals surface area contributed by atoms with E-state index in [-0.39, 0.29) is 24.0 Å². The fraction of sp³-hybridized carbons (Fsp3) is 0.208. The number of esters is 1. The SMILES string of the molecule is O=C(OCC(=O)N1CCN(c2ccccc2)CC1)c1cccc(NC(=O)c2cccs2)c1. The molecule has 0 radical (unpaired) electrons. The summed E-state index contributed by atoms with van der Waals surface area (Å²) in [5, 5.41) is 4.58. The van der Waals surface area contributed by atoms with Crippen LogP contribution in [-0.2, 0) is 9.53 Å². The second-order valence-electron chi connectivity index (χ2n) is 7.29. The number of nitrogens with one attached hydrogen (secondary N) is 1. The first kappa shape index (κ1) is 21.6. The van der Waals surface area contributed by atoms with Gasteiger partial charge in [0, 0.05) is 37.6 Å². The van der Waals surface area contributed by atoms with Gasteiger partial charge in [-0.2, -0.15) is 0 Å². The standard InChI is InChI=1S/C24H23N3O4S/c28-22(27-13-11-26(12-14-27)20-8-2-1-3-9-20)17-31-24(30)18-6-4-7-19(16-18)25-23(29)21-10-5-15-32-21/h1-10,15-16H,11-14,17H2,(H,25,29). The quantitative estimate of drug-likeness (QED) is 0.583. The van der Waals surface area contributed by atoms with Crippen LogP contribution in [0.1, 0.15) is 20.0 Å². The summed E-state index contributed by atoms with van der Waals surface area (Å²) >= 11 is 1.34. The Labute approximate surface area is 190 Å². The summed E-state index contributed by atoms with van der Waals surface area (Å²) in [6, 6.07) is 20.1. The zero-order chi connectivity index (χ0) is 22.3. The number of carbonyl (C=O) groups is 3. The number of anilines is 2. The van der Waals surface area contributed by atoms with Gasteiger partial charge in [-0.05, 0) is 41.8 Å². The van der Waals surface area contributed by atoms with Crippen LogP contribution in [0.5, 0.6) is 0 Å². The van der Waals surface area contributed by atoms with Crippen molar-refractivity contribution in [3.63, 3.8) is 0 Å². The number of nitrogens with zero attached hydrogens (tertiary/aromatic N) is 2. The number of ether oxygens (including phenoxy) is 1. The fourth-order valence-electron chi connectivity index (χ4n) is 3.48. The van der Waals surface area contributed by atoms with E-state index in [9.17, 15) is 14.4 Å². The van der Waals surface area contributed by atoms with Crippen molar-refractivity contribution < 1.29 is 19.1 Å². The van der Waals surface area contributed by atoms with E-state index in [1.165, 1.54) is 17.4 Å². The maximum absolute atomic E-state index is 12.5. The Hall–Kier alpha value is -3.65. The van der Waals surface area contributed by atoms with E-state index in [4.69, 9.17) is 4.74 Å². The molecule has 164 valence electrons. The predicted molar refractivity (Wildman–Crippen MR) is 124 cm³/mol. The topological polar surface area (TPSA) is 79.0 Å². The maximum Gasteiger partial charge on any atom is 0.338 e. The molecule has 1 fully saturated rings. The Balaban J connectivity index is 1.26. The van der Waals surface area contributed by atoms with Gasteiger partial charge in [0.15, 0.2) is 6.61 Å². The number of amides is 2. The molecule has 2 aromatic carbocycles. The summed E-state index contributed by atoms with van der Waals surface area (Å²) in [6.07, 6.45) is 0.